The van der Waals surface area contributed by atoms with Crippen molar-refractivity contribution in [2.24, 2.45) is 0 Å². The zero-order chi connectivity index (χ0) is 15.5. The van der Waals surface area contributed by atoms with E-state index in [1.165, 1.54) is 0 Å². The van der Waals surface area contributed by atoms with Gasteiger partial charge in [-0.3, -0.25) is 10.1 Å². The first-order valence-corrected chi connectivity index (χ1v) is 7.66. The molecule has 7 nitrogen and oxygen atoms in total. The van der Waals surface area contributed by atoms with Crippen LogP contribution in [0.15, 0.2) is 18.3 Å². The Morgan fingerprint density at radius 1 is 1.18 bits per heavy atom. The van der Waals surface area contributed by atoms with Crippen LogP contribution in [0.25, 0.3) is 0 Å². The molecule has 0 bridgehead atoms. The minimum absolute atomic E-state index is 0.124. The first kappa shape index (κ1) is 14.6. The van der Waals surface area contributed by atoms with Gasteiger partial charge in [0, 0.05) is 39.1 Å². The maximum atomic E-state index is 11.6. The Hall–Kier alpha value is -2.31. The number of piperazine rings is 1. The lowest BCUT2D eigenvalue weighted by Gasteiger charge is -2.35. The minimum atomic E-state index is -0.196. The van der Waals surface area contributed by atoms with Gasteiger partial charge in [-0.05, 0) is 25.0 Å². The molecule has 2 N–H and O–H groups in total. The number of amides is 3. The van der Waals surface area contributed by atoms with E-state index < -0.39 is 0 Å². The molecule has 118 valence electrons. The number of hydrogen-bond acceptors (Lipinski definition) is 4. The monoisotopic (exact) mass is 303 g/mol. The van der Waals surface area contributed by atoms with Crippen LogP contribution in [0.4, 0.5) is 16.3 Å². The lowest BCUT2D eigenvalue weighted by atomic mass is 10.2. The number of carbonyl (C=O) groups excluding carboxylic acids is 2. The number of urea groups is 1. The van der Waals surface area contributed by atoms with Crippen LogP contribution in [0.3, 0.4) is 0 Å². The molecule has 0 unspecified atom stereocenters. The Kier molecular flexibility index (Phi) is 4.13. The summed E-state index contributed by atoms with van der Waals surface area (Å²) in [5.74, 6) is 0.670. The van der Waals surface area contributed by atoms with Gasteiger partial charge < -0.3 is 15.1 Å². The summed E-state index contributed by atoms with van der Waals surface area (Å²) in [6.07, 6.45) is 3.88. The normalized spacial score (nSPS) is 18.0. The number of aromatic nitrogens is 1. The van der Waals surface area contributed by atoms with Gasteiger partial charge in [-0.15, -0.1) is 0 Å². The van der Waals surface area contributed by atoms with Gasteiger partial charge in [-0.25, -0.2) is 9.78 Å². The van der Waals surface area contributed by atoms with E-state index in [2.05, 4.69) is 20.5 Å². The van der Waals surface area contributed by atoms with Gasteiger partial charge in [-0.1, -0.05) is 0 Å². The third kappa shape index (κ3) is 3.66. The summed E-state index contributed by atoms with van der Waals surface area (Å²) in [5.41, 5.74) is 1.01. The van der Waals surface area contributed by atoms with Crippen molar-refractivity contribution >= 4 is 23.4 Å². The highest BCUT2D eigenvalue weighted by Crippen LogP contribution is 2.19. The van der Waals surface area contributed by atoms with Crippen LogP contribution in [-0.2, 0) is 4.79 Å². The largest absolute Gasteiger partial charge is 0.367 e. The molecule has 2 heterocycles. The summed E-state index contributed by atoms with van der Waals surface area (Å²) in [7, 11) is 0. The summed E-state index contributed by atoms with van der Waals surface area (Å²) in [6.45, 7) is 4.68. The van der Waals surface area contributed by atoms with E-state index in [1.807, 2.05) is 11.0 Å². The highest BCUT2D eigenvalue weighted by atomic mass is 16.2. The van der Waals surface area contributed by atoms with Crippen LogP contribution in [0.1, 0.15) is 19.8 Å². The summed E-state index contributed by atoms with van der Waals surface area (Å²) in [6, 6.07) is 3.89. The second-order valence-electron chi connectivity index (χ2n) is 5.77. The Balaban J connectivity index is 1.53. The Morgan fingerprint density at radius 3 is 2.45 bits per heavy atom. The van der Waals surface area contributed by atoms with E-state index >= 15 is 0 Å². The average Bonchev–Trinajstić information content (AvgIpc) is 3.32. The molecule has 1 aromatic rings. The van der Waals surface area contributed by atoms with E-state index in [-0.39, 0.29) is 11.9 Å². The SMILES string of the molecule is CC(=O)N1CCN(c2ccc(NC(=O)NC3CC3)nc2)CC1. The van der Waals surface area contributed by atoms with Crippen molar-refractivity contribution < 1.29 is 9.59 Å². The summed E-state index contributed by atoms with van der Waals surface area (Å²) in [5, 5.41) is 5.59. The summed E-state index contributed by atoms with van der Waals surface area (Å²) in [4.78, 5) is 31.3. The highest BCUT2D eigenvalue weighted by molar-refractivity contribution is 5.88. The third-order valence-electron chi connectivity index (χ3n) is 3.99. The van der Waals surface area contributed by atoms with Gasteiger partial charge >= 0.3 is 6.03 Å². The predicted molar refractivity (Wildman–Crippen MR) is 83.9 cm³/mol. The summed E-state index contributed by atoms with van der Waals surface area (Å²) < 4.78 is 0. The number of anilines is 2. The number of carbonyl (C=O) groups is 2. The van der Waals surface area contributed by atoms with Crippen LogP contribution in [0, 0.1) is 0 Å². The van der Waals surface area contributed by atoms with E-state index in [0.29, 0.717) is 11.9 Å². The molecule has 2 fully saturated rings. The van der Waals surface area contributed by atoms with Crippen LogP contribution in [-0.4, -0.2) is 54.0 Å². The quantitative estimate of drug-likeness (QED) is 0.874. The average molecular weight is 303 g/mol. The molecule has 22 heavy (non-hydrogen) atoms. The molecule has 2 aliphatic rings. The van der Waals surface area contributed by atoms with Crippen LogP contribution < -0.4 is 15.5 Å². The minimum Gasteiger partial charge on any atom is -0.367 e. The zero-order valence-corrected chi connectivity index (χ0v) is 12.7. The lowest BCUT2D eigenvalue weighted by Crippen LogP contribution is -2.48. The maximum Gasteiger partial charge on any atom is 0.320 e. The standard InChI is InChI=1S/C15H21N5O2/c1-11(21)19-6-8-20(9-7-19)13-4-5-14(16-10-13)18-15(22)17-12-2-3-12/h4-5,10,12H,2-3,6-9H2,1H3,(H2,16,17,18,22). The van der Waals surface area contributed by atoms with Crippen molar-refractivity contribution in [3.63, 3.8) is 0 Å². The van der Waals surface area contributed by atoms with E-state index in [0.717, 1.165) is 44.7 Å². The Bertz CT molecular complexity index is 548. The van der Waals surface area contributed by atoms with Crippen LogP contribution in [0.2, 0.25) is 0 Å². The van der Waals surface area contributed by atoms with Gasteiger partial charge in [0.25, 0.3) is 0 Å². The van der Waals surface area contributed by atoms with Gasteiger partial charge in [0.15, 0.2) is 0 Å². The fraction of sp³-hybridized carbons (Fsp3) is 0.533. The van der Waals surface area contributed by atoms with E-state index in [1.54, 1.807) is 19.2 Å². The van der Waals surface area contributed by atoms with Gasteiger partial charge in [0.2, 0.25) is 5.91 Å². The van der Waals surface area contributed by atoms with E-state index in [9.17, 15) is 9.59 Å². The third-order valence-corrected chi connectivity index (χ3v) is 3.99. The molecular weight excluding hydrogens is 282 g/mol. The van der Waals surface area contributed by atoms with Crippen molar-refractivity contribution in [1.82, 2.24) is 15.2 Å². The van der Waals surface area contributed by atoms with Crippen molar-refractivity contribution in [3.8, 4) is 0 Å². The molecule has 0 spiro atoms. The fourth-order valence-corrected chi connectivity index (χ4v) is 2.49. The molecule has 0 aromatic carbocycles. The number of hydrogen-bond donors (Lipinski definition) is 2. The molecule has 1 saturated carbocycles. The molecule has 1 aliphatic carbocycles. The lowest BCUT2D eigenvalue weighted by molar-refractivity contribution is -0.129. The number of nitrogens with one attached hydrogen (secondary N) is 2. The molecule has 0 radical (unpaired) electrons. The number of pyridine rings is 1. The molecule has 0 atom stereocenters. The van der Waals surface area contributed by atoms with Crippen molar-refractivity contribution in [2.45, 2.75) is 25.8 Å². The molecule has 3 rings (SSSR count). The molecule has 7 heteroatoms. The first-order valence-electron chi connectivity index (χ1n) is 7.66. The summed E-state index contributed by atoms with van der Waals surface area (Å²) >= 11 is 0. The number of nitrogens with zero attached hydrogens (tertiary/aromatic N) is 3. The second-order valence-corrected chi connectivity index (χ2v) is 5.77. The Labute approximate surface area is 129 Å². The topological polar surface area (TPSA) is 77.6 Å². The molecule has 1 aromatic heterocycles. The van der Waals surface area contributed by atoms with E-state index in [4.69, 9.17) is 0 Å². The predicted octanol–water partition coefficient (Wildman–Crippen LogP) is 1.03. The first-order chi connectivity index (χ1) is 10.6. The molecule has 1 aliphatic heterocycles. The van der Waals surface area contributed by atoms with Gasteiger partial charge in [0.05, 0.1) is 11.9 Å². The van der Waals surface area contributed by atoms with Crippen LogP contribution in [0.5, 0.6) is 0 Å². The number of rotatable bonds is 3. The van der Waals surface area contributed by atoms with Crippen molar-refractivity contribution in [2.75, 3.05) is 36.4 Å². The van der Waals surface area contributed by atoms with Crippen molar-refractivity contribution in [3.05, 3.63) is 18.3 Å². The van der Waals surface area contributed by atoms with Crippen molar-refractivity contribution in [1.29, 1.82) is 0 Å². The second kappa shape index (κ2) is 6.21. The molecular formula is C15H21N5O2. The fourth-order valence-electron chi connectivity index (χ4n) is 2.49. The van der Waals surface area contributed by atoms with Gasteiger partial charge in [-0.2, -0.15) is 0 Å². The highest BCUT2D eigenvalue weighted by Gasteiger charge is 2.23. The molecule has 3 amide bonds. The zero-order valence-electron chi connectivity index (χ0n) is 12.7. The van der Waals surface area contributed by atoms with Gasteiger partial charge in [0.1, 0.15) is 5.82 Å². The Morgan fingerprint density at radius 2 is 1.91 bits per heavy atom. The smallest absolute Gasteiger partial charge is 0.320 e. The molecule has 1 saturated heterocycles. The maximum absolute atomic E-state index is 11.6. The van der Waals surface area contributed by atoms with Crippen LogP contribution >= 0.6 is 0 Å².